The lowest BCUT2D eigenvalue weighted by atomic mass is 10.2. The second-order valence-electron chi connectivity index (χ2n) is 7.80. The zero-order chi connectivity index (χ0) is 23.1. The zero-order valence-electron chi connectivity index (χ0n) is 17.9. The quantitative estimate of drug-likeness (QED) is 0.290. The highest BCUT2D eigenvalue weighted by Crippen LogP contribution is 2.36. The Kier molecular flexibility index (Phi) is 4.69. The van der Waals surface area contributed by atoms with E-state index < -0.39 is 4.92 Å². The van der Waals surface area contributed by atoms with E-state index in [1.807, 2.05) is 36.4 Å². The molecule has 3 aromatic carbocycles. The third-order valence-electron chi connectivity index (χ3n) is 5.67. The van der Waals surface area contributed by atoms with Gasteiger partial charge in [-0.3, -0.25) is 10.1 Å². The van der Waals surface area contributed by atoms with Gasteiger partial charge < -0.3 is 14.0 Å². The maximum absolute atomic E-state index is 10.8. The Balaban J connectivity index is 1.20. The van der Waals surface area contributed by atoms with Gasteiger partial charge in [0.05, 0.1) is 39.9 Å². The Bertz CT molecular complexity index is 1520. The molecule has 5 aromatic rings. The lowest BCUT2D eigenvalue weighted by molar-refractivity contribution is -0.384. The molecule has 3 heterocycles. The molecule has 1 aliphatic heterocycles. The molecular weight excluding hydrogens is 436 g/mol. The van der Waals surface area contributed by atoms with Crippen LogP contribution in [0.15, 0.2) is 72.9 Å². The number of rotatable bonds is 5. The summed E-state index contributed by atoms with van der Waals surface area (Å²) in [6.07, 6.45) is 1.73. The molecule has 6 rings (SSSR count). The Morgan fingerprint density at radius 1 is 1.09 bits per heavy atom. The van der Waals surface area contributed by atoms with Crippen molar-refractivity contribution in [2.24, 2.45) is 0 Å². The van der Waals surface area contributed by atoms with Gasteiger partial charge in [0.2, 0.25) is 0 Å². The van der Waals surface area contributed by atoms with Crippen LogP contribution in [0, 0.1) is 10.1 Å². The summed E-state index contributed by atoms with van der Waals surface area (Å²) >= 11 is 0. The Morgan fingerprint density at radius 3 is 2.79 bits per heavy atom. The summed E-state index contributed by atoms with van der Waals surface area (Å²) in [7, 11) is 0. The van der Waals surface area contributed by atoms with Gasteiger partial charge in [0, 0.05) is 18.2 Å². The highest BCUT2D eigenvalue weighted by Gasteiger charge is 2.20. The summed E-state index contributed by atoms with van der Waals surface area (Å²) in [6, 6.07) is 19.9. The van der Waals surface area contributed by atoms with Crippen LogP contribution < -0.4 is 9.47 Å². The first-order valence-electron chi connectivity index (χ1n) is 10.7. The van der Waals surface area contributed by atoms with Crippen LogP contribution in [0.4, 0.5) is 5.69 Å². The van der Waals surface area contributed by atoms with Crippen LogP contribution >= 0.6 is 0 Å². The van der Waals surface area contributed by atoms with Crippen molar-refractivity contribution in [3.8, 4) is 28.6 Å². The van der Waals surface area contributed by atoms with Crippen LogP contribution in [0.25, 0.3) is 28.1 Å². The zero-order valence-corrected chi connectivity index (χ0v) is 17.9. The minimum atomic E-state index is -0.440. The molecule has 34 heavy (non-hydrogen) atoms. The molecule has 0 saturated carbocycles. The molecule has 10 heteroatoms. The molecule has 2 aromatic heterocycles. The topological polar surface area (TPSA) is 110 Å². The number of nitro benzene ring substituents is 1. The number of nitro groups is 1. The molecule has 10 nitrogen and oxygen atoms in total. The van der Waals surface area contributed by atoms with E-state index in [2.05, 4.69) is 20.9 Å². The van der Waals surface area contributed by atoms with Gasteiger partial charge in [0.1, 0.15) is 36.2 Å². The van der Waals surface area contributed by atoms with E-state index in [-0.39, 0.29) is 12.3 Å². The first-order valence-corrected chi connectivity index (χ1v) is 10.7. The van der Waals surface area contributed by atoms with Crippen LogP contribution in [0.5, 0.6) is 11.5 Å². The first-order chi connectivity index (χ1) is 16.7. The standard InChI is InChI=1S/C24H18N6O4/c31-30(32)18-7-5-17(6-8-18)29-14-16(26-27-29)15-34-19-9-10-20-23(13-19)33-12-11-28-22-4-2-1-3-21(22)25-24(20)28/h1-10,13-14H,11-12,15H2. The fourth-order valence-corrected chi connectivity index (χ4v) is 4.03. The number of imidazole rings is 1. The van der Waals surface area contributed by atoms with Crippen molar-refractivity contribution in [1.82, 2.24) is 24.5 Å². The molecule has 168 valence electrons. The first kappa shape index (κ1) is 19.9. The van der Waals surface area contributed by atoms with Crippen molar-refractivity contribution in [2.75, 3.05) is 6.61 Å². The average molecular weight is 454 g/mol. The number of hydrogen-bond donors (Lipinski definition) is 0. The maximum atomic E-state index is 10.8. The number of aromatic nitrogens is 5. The number of non-ortho nitro benzene ring substituents is 1. The van der Waals surface area contributed by atoms with Crippen molar-refractivity contribution in [1.29, 1.82) is 0 Å². The van der Waals surface area contributed by atoms with Gasteiger partial charge >= 0.3 is 0 Å². The number of fused-ring (bicyclic) bond motifs is 5. The van der Waals surface area contributed by atoms with Gasteiger partial charge in [0.25, 0.3) is 5.69 Å². The minimum absolute atomic E-state index is 0.0217. The summed E-state index contributed by atoms with van der Waals surface area (Å²) in [4.78, 5) is 15.2. The predicted molar refractivity (Wildman–Crippen MR) is 123 cm³/mol. The molecule has 0 N–H and O–H groups in total. The molecule has 0 spiro atoms. The molecule has 0 fully saturated rings. The molecule has 1 aliphatic rings. The highest BCUT2D eigenvalue weighted by atomic mass is 16.6. The third kappa shape index (κ3) is 3.51. The third-order valence-corrected chi connectivity index (χ3v) is 5.67. The van der Waals surface area contributed by atoms with Crippen LogP contribution in [0.1, 0.15) is 5.69 Å². The van der Waals surface area contributed by atoms with Gasteiger partial charge in [-0.05, 0) is 36.4 Å². The van der Waals surface area contributed by atoms with Crippen molar-refractivity contribution in [2.45, 2.75) is 13.2 Å². The second-order valence-corrected chi connectivity index (χ2v) is 7.80. The fourth-order valence-electron chi connectivity index (χ4n) is 4.03. The number of benzene rings is 3. The van der Waals surface area contributed by atoms with Gasteiger partial charge in [0.15, 0.2) is 0 Å². The summed E-state index contributed by atoms with van der Waals surface area (Å²) < 4.78 is 15.7. The van der Waals surface area contributed by atoms with Gasteiger partial charge in [-0.2, -0.15) is 0 Å². The lowest BCUT2D eigenvalue weighted by Crippen LogP contribution is -2.05. The van der Waals surface area contributed by atoms with Crippen LogP contribution in [0.3, 0.4) is 0 Å². The Labute approximate surface area is 193 Å². The molecule has 0 atom stereocenters. The predicted octanol–water partition coefficient (Wildman–Crippen LogP) is 4.16. The monoisotopic (exact) mass is 454 g/mol. The Hall–Kier alpha value is -4.73. The van der Waals surface area contributed by atoms with Gasteiger partial charge in [-0.1, -0.05) is 17.3 Å². The number of para-hydroxylation sites is 2. The molecule has 0 saturated heterocycles. The lowest BCUT2D eigenvalue weighted by Gasteiger charge is -2.09. The smallest absolute Gasteiger partial charge is 0.269 e. The summed E-state index contributed by atoms with van der Waals surface area (Å²) in [5.74, 6) is 2.25. The maximum Gasteiger partial charge on any atom is 0.269 e. The molecule has 0 amide bonds. The molecule has 0 bridgehead atoms. The summed E-state index contributed by atoms with van der Waals surface area (Å²) in [5.41, 5.74) is 4.28. The molecule has 0 radical (unpaired) electrons. The van der Waals surface area contributed by atoms with E-state index >= 15 is 0 Å². The number of hydrogen-bond acceptors (Lipinski definition) is 7. The molecular formula is C24H18N6O4. The normalized spacial score (nSPS) is 12.5. The Morgan fingerprint density at radius 2 is 1.94 bits per heavy atom. The highest BCUT2D eigenvalue weighted by molar-refractivity contribution is 5.82. The number of ether oxygens (including phenoxy) is 2. The van der Waals surface area contributed by atoms with Crippen LogP contribution in [-0.4, -0.2) is 36.1 Å². The van der Waals surface area contributed by atoms with Crippen molar-refractivity contribution < 1.29 is 14.4 Å². The summed E-state index contributed by atoms with van der Waals surface area (Å²) in [5, 5.41) is 19.0. The fraction of sp³-hybridized carbons (Fsp3) is 0.125. The van der Waals surface area contributed by atoms with E-state index in [1.165, 1.54) is 12.1 Å². The van der Waals surface area contributed by atoms with E-state index in [0.717, 1.165) is 28.2 Å². The SMILES string of the molecule is O=[N+]([O-])c1ccc(-n2cc(COc3ccc4c(c3)OCCn3c-4nc4ccccc43)nn2)cc1. The summed E-state index contributed by atoms with van der Waals surface area (Å²) in [6.45, 7) is 1.46. The second kappa shape index (κ2) is 8.00. The van der Waals surface area contributed by atoms with Crippen LogP contribution in [0.2, 0.25) is 0 Å². The van der Waals surface area contributed by atoms with Crippen molar-refractivity contribution in [3.05, 3.63) is 88.7 Å². The molecule has 0 unspecified atom stereocenters. The molecule has 0 aliphatic carbocycles. The van der Waals surface area contributed by atoms with Gasteiger partial charge in [-0.25, -0.2) is 9.67 Å². The van der Waals surface area contributed by atoms with E-state index in [0.29, 0.717) is 30.3 Å². The van der Waals surface area contributed by atoms with Crippen molar-refractivity contribution in [3.63, 3.8) is 0 Å². The average Bonchev–Trinajstić information content (AvgIpc) is 3.44. The van der Waals surface area contributed by atoms with Crippen LogP contribution in [-0.2, 0) is 13.2 Å². The number of nitrogens with zero attached hydrogens (tertiary/aromatic N) is 6. The van der Waals surface area contributed by atoms with E-state index in [1.54, 1.807) is 23.0 Å². The van der Waals surface area contributed by atoms with Crippen molar-refractivity contribution >= 4 is 16.7 Å². The largest absolute Gasteiger partial charge is 0.491 e. The minimum Gasteiger partial charge on any atom is -0.491 e. The van der Waals surface area contributed by atoms with E-state index in [4.69, 9.17) is 14.5 Å². The van der Waals surface area contributed by atoms with Gasteiger partial charge in [-0.15, -0.1) is 5.10 Å². The van der Waals surface area contributed by atoms with E-state index in [9.17, 15) is 10.1 Å².